The molecular formula is C10H13Cl2N. The SMILES string of the molecule is C[C@H](CN)Cc1ccc(Cl)c(Cl)c1. The second-order valence-corrected chi connectivity index (χ2v) is 4.11. The molecule has 0 aromatic heterocycles. The van der Waals surface area contributed by atoms with Crippen molar-refractivity contribution in [1.29, 1.82) is 0 Å². The molecule has 0 unspecified atom stereocenters. The minimum atomic E-state index is 0.484. The van der Waals surface area contributed by atoms with E-state index in [9.17, 15) is 0 Å². The lowest BCUT2D eigenvalue weighted by molar-refractivity contribution is 0.593. The first-order valence-corrected chi connectivity index (χ1v) is 5.03. The van der Waals surface area contributed by atoms with Crippen molar-refractivity contribution in [3.8, 4) is 0 Å². The second-order valence-electron chi connectivity index (χ2n) is 3.29. The van der Waals surface area contributed by atoms with Crippen LogP contribution in [0.3, 0.4) is 0 Å². The van der Waals surface area contributed by atoms with E-state index in [0.29, 0.717) is 22.5 Å². The van der Waals surface area contributed by atoms with Crippen LogP contribution in [-0.4, -0.2) is 6.54 Å². The molecule has 2 N–H and O–H groups in total. The molecule has 1 nitrogen and oxygen atoms in total. The molecule has 0 aliphatic rings. The van der Waals surface area contributed by atoms with Crippen molar-refractivity contribution in [2.24, 2.45) is 11.7 Å². The molecule has 0 spiro atoms. The van der Waals surface area contributed by atoms with Gasteiger partial charge < -0.3 is 5.73 Å². The molecule has 0 saturated heterocycles. The lowest BCUT2D eigenvalue weighted by Crippen LogP contribution is -2.12. The molecule has 72 valence electrons. The average Bonchev–Trinajstić information content (AvgIpc) is 2.11. The molecule has 0 saturated carbocycles. The van der Waals surface area contributed by atoms with Crippen LogP contribution < -0.4 is 5.73 Å². The smallest absolute Gasteiger partial charge is 0.0595 e. The fraction of sp³-hybridized carbons (Fsp3) is 0.400. The maximum Gasteiger partial charge on any atom is 0.0595 e. The standard InChI is InChI=1S/C10H13Cl2N/c1-7(6-13)4-8-2-3-9(11)10(12)5-8/h2-3,5,7H,4,6,13H2,1H3/t7-/m0/s1. The molecule has 13 heavy (non-hydrogen) atoms. The normalized spacial score (nSPS) is 12.9. The number of hydrogen-bond donors (Lipinski definition) is 1. The summed E-state index contributed by atoms with van der Waals surface area (Å²) < 4.78 is 0. The van der Waals surface area contributed by atoms with E-state index in [2.05, 4.69) is 6.92 Å². The molecule has 0 heterocycles. The van der Waals surface area contributed by atoms with Gasteiger partial charge >= 0.3 is 0 Å². The van der Waals surface area contributed by atoms with Crippen LogP contribution in [-0.2, 0) is 6.42 Å². The zero-order valence-electron chi connectivity index (χ0n) is 7.56. The average molecular weight is 218 g/mol. The quantitative estimate of drug-likeness (QED) is 0.828. The summed E-state index contributed by atoms with van der Waals surface area (Å²) in [5.41, 5.74) is 6.72. The highest BCUT2D eigenvalue weighted by molar-refractivity contribution is 6.42. The third-order valence-corrected chi connectivity index (χ3v) is 2.71. The monoisotopic (exact) mass is 217 g/mol. The first-order chi connectivity index (χ1) is 6.13. The number of rotatable bonds is 3. The van der Waals surface area contributed by atoms with Gasteiger partial charge in [0.05, 0.1) is 10.0 Å². The predicted octanol–water partition coefficient (Wildman–Crippen LogP) is 3.13. The fourth-order valence-electron chi connectivity index (χ4n) is 1.15. The van der Waals surface area contributed by atoms with Gasteiger partial charge in [0.25, 0.3) is 0 Å². The van der Waals surface area contributed by atoms with Crippen molar-refractivity contribution in [2.75, 3.05) is 6.54 Å². The van der Waals surface area contributed by atoms with Gasteiger partial charge in [-0.15, -0.1) is 0 Å². The number of benzene rings is 1. The number of nitrogens with two attached hydrogens (primary N) is 1. The van der Waals surface area contributed by atoms with E-state index in [1.165, 1.54) is 5.56 Å². The summed E-state index contributed by atoms with van der Waals surface area (Å²) in [6, 6.07) is 5.71. The van der Waals surface area contributed by atoms with Gasteiger partial charge in [0.1, 0.15) is 0 Å². The van der Waals surface area contributed by atoms with Gasteiger partial charge in [-0.1, -0.05) is 36.2 Å². The van der Waals surface area contributed by atoms with E-state index in [-0.39, 0.29) is 0 Å². The Morgan fingerprint density at radius 3 is 2.54 bits per heavy atom. The third-order valence-electron chi connectivity index (χ3n) is 1.97. The van der Waals surface area contributed by atoms with E-state index in [1.54, 1.807) is 0 Å². The van der Waals surface area contributed by atoms with Crippen LogP contribution in [0, 0.1) is 5.92 Å². The molecular weight excluding hydrogens is 205 g/mol. The zero-order chi connectivity index (χ0) is 9.84. The van der Waals surface area contributed by atoms with Crippen molar-refractivity contribution >= 4 is 23.2 Å². The van der Waals surface area contributed by atoms with Crippen molar-refractivity contribution in [1.82, 2.24) is 0 Å². The van der Waals surface area contributed by atoms with Gasteiger partial charge in [-0.3, -0.25) is 0 Å². The van der Waals surface area contributed by atoms with Crippen molar-refractivity contribution < 1.29 is 0 Å². The highest BCUT2D eigenvalue weighted by Crippen LogP contribution is 2.23. The second kappa shape index (κ2) is 4.85. The largest absolute Gasteiger partial charge is 0.330 e. The van der Waals surface area contributed by atoms with Crippen LogP contribution in [0.25, 0.3) is 0 Å². The minimum Gasteiger partial charge on any atom is -0.330 e. The van der Waals surface area contributed by atoms with Crippen LogP contribution in [0.2, 0.25) is 10.0 Å². The van der Waals surface area contributed by atoms with E-state index in [4.69, 9.17) is 28.9 Å². The number of halogens is 2. The first kappa shape index (κ1) is 10.8. The lowest BCUT2D eigenvalue weighted by Gasteiger charge is -2.08. The van der Waals surface area contributed by atoms with Gasteiger partial charge in [0.15, 0.2) is 0 Å². The van der Waals surface area contributed by atoms with Crippen LogP contribution in [0.5, 0.6) is 0 Å². The van der Waals surface area contributed by atoms with Crippen molar-refractivity contribution in [2.45, 2.75) is 13.3 Å². The maximum absolute atomic E-state index is 5.88. The van der Waals surface area contributed by atoms with Crippen LogP contribution in [0.1, 0.15) is 12.5 Å². The summed E-state index contributed by atoms with van der Waals surface area (Å²) >= 11 is 11.7. The van der Waals surface area contributed by atoms with E-state index in [1.807, 2.05) is 18.2 Å². The molecule has 0 amide bonds. The first-order valence-electron chi connectivity index (χ1n) is 4.27. The summed E-state index contributed by atoms with van der Waals surface area (Å²) in [5, 5.41) is 1.22. The van der Waals surface area contributed by atoms with Crippen LogP contribution in [0.4, 0.5) is 0 Å². The Labute approximate surface area is 88.8 Å². The summed E-state index contributed by atoms with van der Waals surface area (Å²) in [6.45, 7) is 2.81. The van der Waals surface area contributed by atoms with E-state index >= 15 is 0 Å². The maximum atomic E-state index is 5.88. The summed E-state index contributed by atoms with van der Waals surface area (Å²) in [5.74, 6) is 0.484. The summed E-state index contributed by atoms with van der Waals surface area (Å²) in [4.78, 5) is 0. The molecule has 1 aromatic carbocycles. The lowest BCUT2D eigenvalue weighted by atomic mass is 10.0. The van der Waals surface area contributed by atoms with E-state index in [0.717, 1.165) is 6.42 Å². The molecule has 0 aliphatic heterocycles. The van der Waals surface area contributed by atoms with Gasteiger partial charge in [-0.2, -0.15) is 0 Å². The van der Waals surface area contributed by atoms with E-state index < -0.39 is 0 Å². The highest BCUT2D eigenvalue weighted by Gasteiger charge is 2.03. The Morgan fingerprint density at radius 1 is 1.31 bits per heavy atom. The van der Waals surface area contributed by atoms with Gasteiger partial charge in [-0.25, -0.2) is 0 Å². The molecule has 0 fully saturated rings. The Morgan fingerprint density at radius 2 is 2.00 bits per heavy atom. The topological polar surface area (TPSA) is 26.0 Å². The molecule has 1 aromatic rings. The predicted molar refractivity (Wildman–Crippen MR) is 58.4 cm³/mol. The summed E-state index contributed by atoms with van der Waals surface area (Å²) in [6.07, 6.45) is 0.952. The third kappa shape index (κ3) is 3.18. The molecule has 0 bridgehead atoms. The Hall–Kier alpha value is -0.240. The zero-order valence-corrected chi connectivity index (χ0v) is 9.07. The van der Waals surface area contributed by atoms with Crippen LogP contribution in [0.15, 0.2) is 18.2 Å². The Balaban J connectivity index is 2.73. The van der Waals surface area contributed by atoms with Crippen molar-refractivity contribution in [3.05, 3.63) is 33.8 Å². The molecule has 0 radical (unpaired) electrons. The van der Waals surface area contributed by atoms with Crippen LogP contribution >= 0.6 is 23.2 Å². The Kier molecular flexibility index (Phi) is 4.04. The van der Waals surface area contributed by atoms with Gasteiger partial charge in [0.2, 0.25) is 0 Å². The van der Waals surface area contributed by atoms with Gasteiger partial charge in [-0.05, 0) is 36.6 Å². The van der Waals surface area contributed by atoms with Gasteiger partial charge in [0, 0.05) is 0 Å². The molecule has 0 aliphatic carbocycles. The fourth-order valence-corrected chi connectivity index (χ4v) is 1.47. The minimum absolute atomic E-state index is 0.484. The summed E-state index contributed by atoms with van der Waals surface area (Å²) in [7, 11) is 0. The highest BCUT2D eigenvalue weighted by atomic mass is 35.5. The number of hydrogen-bond acceptors (Lipinski definition) is 1. The molecule has 1 atom stereocenters. The molecule has 3 heteroatoms. The Bertz CT molecular complexity index is 286. The molecule has 1 rings (SSSR count). The van der Waals surface area contributed by atoms with Crippen molar-refractivity contribution in [3.63, 3.8) is 0 Å².